The Hall–Kier alpha value is -0.130. The first kappa shape index (κ1) is 12.3. The van der Waals surface area contributed by atoms with Crippen molar-refractivity contribution in [2.24, 2.45) is 0 Å². The zero-order valence-electron chi connectivity index (χ0n) is 9.74. The van der Waals surface area contributed by atoms with Crippen LogP contribution in [0.4, 0.5) is 0 Å². The molecule has 1 unspecified atom stereocenters. The summed E-state index contributed by atoms with van der Waals surface area (Å²) in [6, 6.07) is 0.105. The summed E-state index contributed by atoms with van der Waals surface area (Å²) >= 11 is 0. The molecule has 0 spiro atoms. The fourth-order valence-corrected chi connectivity index (χ4v) is 4.46. The minimum atomic E-state index is -3.07. The molecule has 5 heteroatoms. The summed E-state index contributed by atoms with van der Waals surface area (Å²) in [5.41, 5.74) is 0. The smallest absolute Gasteiger partial charge is 0.214 e. The van der Waals surface area contributed by atoms with Gasteiger partial charge in [-0.15, -0.1) is 0 Å². The Labute approximate surface area is 98.2 Å². The van der Waals surface area contributed by atoms with Crippen LogP contribution in [-0.4, -0.2) is 32.8 Å². The van der Waals surface area contributed by atoms with Crippen LogP contribution >= 0.6 is 0 Å². The molecule has 0 aromatic heterocycles. The predicted octanol–water partition coefficient (Wildman–Crippen LogP) is 0.990. The zero-order chi connectivity index (χ0) is 11.4. The topological polar surface area (TPSA) is 58.2 Å². The number of hydrogen-bond donors (Lipinski definition) is 2. The largest absolute Gasteiger partial charge is 0.315 e. The molecular weight excluding hydrogens is 224 g/mol. The summed E-state index contributed by atoms with van der Waals surface area (Å²) in [5.74, 6) is 0. The Balaban J connectivity index is 1.91. The third-order valence-electron chi connectivity index (χ3n) is 3.62. The van der Waals surface area contributed by atoms with Crippen molar-refractivity contribution in [3.8, 4) is 0 Å². The van der Waals surface area contributed by atoms with E-state index in [1.807, 2.05) is 0 Å². The average molecular weight is 246 g/mol. The van der Waals surface area contributed by atoms with Crippen LogP contribution < -0.4 is 10.0 Å². The normalized spacial score (nSPS) is 29.1. The monoisotopic (exact) mass is 246 g/mol. The molecule has 1 aliphatic carbocycles. The van der Waals surface area contributed by atoms with Crippen LogP contribution in [0.1, 0.15) is 44.9 Å². The van der Waals surface area contributed by atoms with Gasteiger partial charge in [-0.25, -0.2) is 13.1 Å². The van der Waals surface area contributed by atoms with Crippen molar-refractivity contribution in [3.63, 3.8) is 0 Å². The van der Waals surface area contributed by atoms with Gasteiger partial charge < -0.3 is 5.32 Å². The average Bonchev–Trinajstić information content (AvgIpc) is 2.67. The van der Waals surface area contributed by atoms with Gasteiger partial charge in [0.25, 0.3) is 0 Å². The SMILES string of the molecule is O=S(=O)(NC1CCCCNC1)C1CCCC1. The zero-order valence-corrected chi connectivity index (χ0v) is 10.6. The van der Waals surface area contributed by atoms with Crippen LogP contribution in [0.5, 0.6) is 0 Å². The van der Waals surface area contributed by atoms with Gasteiger partial charge in [-0.2, -0.15) is 0 Å². The van der Waals surface area contributed by atoms with Crippen molar-refractivity contribution in [2.45, 2.75) is 56.2 Å². The van der Waals surface area contributed by atoms with Crippen molar-refractivity contribution in [1.82, 2.24) is 10.0 Å². The van der Waals surface area contributed by atoms with Gasteiger partial charge in [0.15, 0.2) is 0 Å². The van der Waals surface area contributed by atoms with Crippen LogP contribution in [-0.2, 0) is 10.0 Å². The van der Waals surface area contributed by atoms with E-state index in [2.05, 4.69) is 10.0 Å². The summed E-state index contributed by atoms with van der Waals surface area (Å²) < 4.78 is 27.0. The lowest BCUT2D eigenvalue weighted by atomic mass is 10.2. The number of nitrogens with one attached hydrogen (secondary N) is 2. The molecule has 16 heavy (non-hydrogen) atoms. The quantitative estimate of drug-likeness (QED) is 0.781. The minimum absolute atomic E-state index is 0.105. The molecule has 4 nitrogen and oxygen atoms in total. The van der Waals surface area contributed by atoms with Gasteiger partial charge in [-0.1, -0.05) is 19.3 Å². The molecule has 0 aromatic rings. The molecule has 0 radical (unpaired) electrons. The molecule has 1 atom stereocenters. The maximum Gasteiger partial charge on any atom is 0.214 e. The highest BCUT2D eigenvalue weighted by atomic mass is 32.2. The second-order valence-corrected chi connectivity index (χ2v) is 6.96. The van der Waals surface area contributed by atoms with E-state index in [0.717, 1.165) is 58.0 Å². The summed E-state index contributed by atoms with van der Waals surface area (Å²) in [5, 5.41) is 3.15. The lowest BCUT2D eigenvalue weighted by Crippen LogP contribution is -2.44. The van der Waals surface area contributed by atoms with E-state index < -0.39 is 10.0 Å². The Morgan fingerprint density at radius 3 is 2.44 bits per heavy atom. The van der Waals surface area contributed by atoms with Gasteiger partial charge in [0.2, 0.25) is 10.0 Å². The Kier molecular flexibility index (Phi) is 4.21. The van der Waals surface area contributed by atoms with Crippen LogP contribution in [0.3, 0.4) is 0 Å². The van der Waals surface area contributed by atoms with Crippen LogP contribution in [0.25, 0.3) is 0 Å². The molecule has 0 bridgehead atoms. The first-order chi connectivity index (χ1) is 7.68. The first-order valence-electron chi connectivity index (χ1n) is 6.40. The Morgan fingerprint density at radius 2 is 1.69 bits per heavy atom. The van der Waals surface area contributed by atoms with Gasteiger partial charge in [0.05, 0.1) is 5.25 Å². The van der Waals surface area contributed by atoms with Crippen molar-refractivity contribution in [3.05, 3.63) is 0 Å². The Morgan fingerprint density at radius 1 is 1.00 bits per heavy atom. The molecular formula is C11H22N2O2S. The van der Waals surface area contributed by atoms with E-state index in [0.29, 0.717) is 0 Å². The van der Waals surface area contributed by atoms with E-state index >= 15 is 0 Å². The number of sulfonamides is 1. The van der Waals surface area contributed by atoms with E-state index in [-0.39, 0.29) is 11.3 Å². The van der Waals surface area contributed by atoms with Gasteiger partial charge in [-0.05, 0) is 32.2 Å². The summed E-state index contributed by atoms with van der Waals surface area (Å²) in [6.07, 6.45) is 7.05. The highest BCUT2D eigenvalue weighted by Crippen LogP contribution is 2.24. The summed E-state index contributed by atoms with van der Waals surface area (Å²) in [6.45, 7) is 1.80. The number of hydrogen-bond acceptors (Lipinski definition) is 3. The van der Waals surface area contributed by atoms with Crippen LogP contribution in [0.15, 0.2) is 0 Å². The molecule has 2 fully saturated rings. The highest BCUT2D eigenvalue weighted by Gasteiger charge is 2.30. The fraction of sp³-hybridized carbons (Fsp3) is 1.00. The van der Waals surface area contributed by atoms with E-state index in [1.54, 1.807) is 0 Å². The third-order valence-corrected chi connectivity index (χ3v) is 5.63. The van der Waals surface area contributed by atoms with Gasteiger partial charge in [0.1, 0.15) is 0 Å². The molecule has 2 rings (SSSR count). The van der Waals surface area contributed by atoms with Crippen molar-refractivity contribution in [2.75, 3.05) is 13.1 Å². The van der Waals surface area contributed by atoms with E-state index in [4.69, 9.17) is 0 Å². The first-order valence-corrected chi connectivity index (χ1v) is 7.95. The second-order valence-electron chi connectivity index (χ2n) is 4.97. The molecule has 1 saturated heterocycles. The molecule has 2 aliphatic rings. The maximum absolute atomic E-state index is 12.1. The van der Waals surface area contributed by atoms with Crippen molar-refractivity contribution >= 4 is 10.0 Å². The maximum atomic E-state index is 12.1. The lowest BCUT2D eigenvalue weighted by Gasteiger charge is -2.19. The molecule has 1 aliphatic heterocycles. The van der Waals surface area contributed by atoms with E-state index in [1.165, 1.54) is 0 Å². The molecule has 0 aromatic carbocycles. The van der Waals surface area contributed by atoms with Gasteiger partial charge in [-0.3, -0.25) is 0 Å². The van der Waals surface area contributed by atoms with Crippen molar-refractivity contribution < 1.29 is 8.42 Å². The fourth-order valence-electron chi connectivity index (χ4n) is 2.65. The highest BCUT2D eigenvalue weighted by molar-refractivity contribution is 7.90. The van der Waals surface area contributed by atoms with Gasteiger partial charge in [0, 0.05) is 12.6 Å². The van der Waals surface area contributed by atoms with Crippen LogP contribution in [0.2, 0.25) is 0 Å². The predicted molar refractivity (Wildman–Crippen MR) is 64.8 cm³/mol. The van der Waals surface area contributed by atoms with Crippen molar-refractivity contribution in [1.29, 1.82) is 0 Å². The lowest BCUT2D eigenvalue weighted by molar-refractivity contribution is 0.511. The standard InChI is InChI=1S/C11H22N2O2S/c14-16(15,11-6-1-2-7-11)13-10-5-3-4-8-12-9-10/h10-13H,1-9H2. The third kappa shape index (κ3) is 3.18. The molecule has 0 amide bonds. The molecule has 1 heterocycles. The summed E-state index contributed by atoms with van der Waals surface area (Å²) in [7, 11) is -3.07. The van der Waals surface area contributed by atoms with E-state index in [9.17, 15) is 8.42 Å². The minimum Gasteiger partial charge on any atom is -0.315 e. The Bertz CT molecular complexity index is 302. The van der Waals surface area contributed by atoms with Gasteiger partial charge >= 0.3 is 0 Å². The second kappa shape index (κ2) is 5.47. The van der Waals surface area contributed by atoms with Crippen LogP contribution in [0, 0.1) is 0 Å². The number of rotatable bonds is 3. The molecule has 1 saturated carbocycles. The molecule has 2 N–H and O–H groups in total. The molecule has 94 valence electrons. The summed E-state index contributed by atoms with van der Waals surface area (Å²) in [4.78, 5) is 0.